The molecule has 0 bridgehead atoms. The highest BCUT2D eigenvalue weighted by atomic mass is 19.4. The summed E-state index contributed by atoms with van der Waals surface area (Å²) in [7, 11) is 0. The molecule has 0 aliphatic heterocycles. The molecule has 1 nitrogen and oxygen atoms in total. The highest BCUT2D eigenvalue weighted by Crippen LogP contribution is 2.34. The van der Waals surface area contributed by atoms with Crippen LogP contribution in [0.2, 0.25) is 0 Å². The molecule has 3 rings (SSSR count). The summed E-state index contributed by atoms with van der Waals surface area (Å²) in [6, 6.07) is 13.9. The van der Waals surface area contributed by atoms with Crippen LogP contribution in [0.5, 0.6) is 5.75 Å². The number of rotatable bonds is 11. The summed E-state index contributed by atoms with van der Waals surface area (Å²) in [6.45, 7) is 2.17. The Hall–Kier alpha value is -3.29. The lowest BCUT2D eigenvalue weighted by Crippen LogP contribution is -2.22. The summed E-state index contributed by atoms with van der Waals surface area (Å²) >= 11 is 0. The highest BCUT2D eigenvalue weighted by Gasteiger charge is 2.35. The van der Waals surface area contributed by atoms with Gasteiger partial charge in [-0.2, -0.15) is 22.0 Å². The molecule has 3 aromatic carbocycles. The molecule has 0 unspecified atom stereocenters. The third-order valence-electron chi connectivity index (χ3n) is 5.81. The molecule has 0 atom stereocenters. The minimum absolute atomic E-state index is 0.186. The molecule has 3 aromatic rings. The summed E-state index contributed by atoms with van der Waals surface area (Å²) in [5, 5.41) is 0. The zero-order valence-corrected chi connectivity index (χ0v) is 20.2. The SMILES string of the molecule is CCCCCCCc1ccc(-c2ccc(C(F)(F)Oc3cc(F)c(/C=C/C(F)(F)F)c(F)c3)cc2)cc1. The second kappa shape index (κ2) is 12.3. The molecule has 0 heterocycles. The molecule has 0 N–H and O–H groups in total. The van der Waals surface area contributed by atoms with Gasteiger partial charge in [0.25, 0.3) is 0 Å². The van der Waals surface area contributed by atoms with Gasteiger partial charge < -0.3 is 4.74 Å². The van der Waals surface area contributed by atoms with Crippen LogP contribution < -0.4 is 4.74 Å². The molecule has 0 radical (unpaired) electrons. The minimum atomic E-state index is -4.79. The Morgan fingerprint density at radius 3 is 1.81 bits per heavy atom. The van der Waals surface area contributed by atoms with E-state index in [0.717, 1.165) is 30.5 Å². The van der Waals surface area contributed by atoms with E-state index >= 15 is 0 Å². The van der Waals surface area contributed by atoms with Crippen LogP contribution in [0.3, 0.4) is 0 Å². The fourth-order valence-corrected chi connectivity index (χ4v) is 3.82. The Labute approximate surface area is 211 Å². The van der Waals surface area contributed by atoms with Crippen molar-refractivity contribution in [3.8, 4) is 16.9 Å². The fraction of sp³-hybridized carbons (Fsp3) is 0.310. The molecule has 0 aliphatic carbocycles. The number of allylic oxidation sites excluding steroid dienone is 1. The molecule has 0 amide bonds. The Balaban J connectivity index is 1.67. The van der Waals surface area contributed by atoms with Crippen LogP contribution in [-0.2, 0) is 12.5 Å². The molecule has 0 aromatic heterocycles. The van der Waals surface area contributed by atoms with E-state index in [9.17, 15) is 30.7 Å². The van der Waals surface area contributed by atoms with Gasteiger partial charge in [0.2, 0.25) is 0 Å². The number of halogens is 7. The highest BCUT2D eigenvalue weighted by molar-refractivity contribution is 5.64. The third-order valence-corrected chi connectivity index (χ3v) is 5.81. The number of aryl methyl sites for hydroxylation is 1. The van der Waals surface area contributed by atoms with Crippen LogP contribution in [0, 0.1) is 11.6 Å². The molecule has 0 fully saturated rings. The van der Waals surface area contributed by atoms with Crippen molar-refractivity contribution in [2.75, 3.05) is 0 Å². The van der Waals surface area contributed by atoms with Crippen LogP contribution in [0.4, 0.5) is 30.7 Å². The number of benzene rings is 3. The van der Waals surface area contributed by atoms with E-state index in [1.165, 1.54) is 43.4 Å². The smallest absolute Gasteiger partial charge is 0.426 e. The van der Waals surface area contributed by atoms with E-state index in [2.05, 4.69) is 11.7 Å². The topological polar surface area (TPSA) is 9.23 Å². The summed E-state index contributed by atoms with van der Waals surface area (Å²) in [4.78, 5) is 0. The van der Waals surface area contributed by atoms with Crippen LogP contribution in [0.15, 0.2) is 66.7 Å². The van der Waals surface area contributed by atoms with Crippen molar-refractivity contribution in [2.45, 2.75) is 57.7 Å². The van der Waals surface area contributed by atoms with Gasteiger partial charge in [0.05, 0.1) is 5.56 Å². The first-order valence-electron chi connectivity index (χ1n) is 12.0. The second-order valence-electron chi connectivity index (χ2n) is 8.73. The quantitative estimate of drug-likeness (QED) is 0.179. The lowest BCUT2D eigenvalue weighted by Gasteiger charge is -2.19. The lowest BCUT2D eigenvalue weighted by molar-refractivity contribution is -0.185. The standard InChI is InChI=1S/C29H27F7O/c1-2-3-4-5-6-7-20-8-10-21(11-9-20)22-12-14-23(15-13-22)29(35,36)37-24-18-26(30)25(27(31)19-24)16-17-28(32,33)34/h8-19H,2-7H2,1H3/b17-16+. The molecule has 0 spiro atoms. The maximum absolute atomic E-state index is 14.7. The Bertz CT molecular complexity index is 1160. The number of alkyl halides is 5. The summed E-state index contributed by atoms with van der Waals surface area (Å²) < 4.78 is 98.8. The molecule has 8 heteroatoms. The first-order chi connectivity index (χ1) is 17.5. The zero-order valence-electron chi connectivity index (χ0n) is 20.2. The van der Waals surface area contributed by atoms with Crippen LogP contribution in [-0.4, -0.2) is 6.18 Å². The molecule has 0 saturated heterocycles. The van der Waals surface area contributed by atoms with Crippen molar-refractivity contribution in [3.05, 3.63) is 95.1 Å². The first kappa shape index (κ1) is 28.3. The predicted molar refractivity (Wildman–Crippen MR) is 130 cm³/mol. The first-order valence-corrected chi connectivity index (χ1v) is 12.0. The molecular formula is C29H27F7O. The normalized spacial score (nSPS) is 12.3. The van der Waals surface area contributed by atoms with E-state index in [1.807, 2.05) is 24.3 Å². The van der Waals surface area contributed by atoms with Gasteiger partial charge in [0.1, 0.15) is 17.4 Å². The summed E-state index contributed by atoms with van der Waals surface area (Å²) in [6.07, 6.45) is -1.96. The van der Waals surface area contributed by atoms with Gasteiger partial charge in [-0.1, -0.05) is 69.0 Å². The van der Waals surface area contributed by atoms with Gasteiger partial charge in [-0.05, 0) is 47.7 Å². The molecule has 198 valence electrons. The molecule has 0 aliphatic rings. The van der Waals surface area contributed by atoms with Crippen LogP contribution in [0.1, 0.15) is 55.7 Å². The van der Waals surface area contributed by atoms with E-state index in [0.29, 0.717) is 17.7 Å². The second-order valence-corrected chi connectivity index (χ2v) is 8.73. The average molecular weight is 525 g/mol. The van der Waals surface area contributed by atoms with Crippen molar-refractivity contribution >= 4 is 6.08 Å². The van der Waals surface area contributed by atoms with E-state index in [4.69, 9.17) is 0 Å². The van der Waals surface area contributed by atoms with Gasteiger partial charge in [-0.15, -0.1) is 0 Å². The van der Waals surface area contributed by atoms with Gasteiger partial charge >= 0.3 is 12.3 Å². The number of hydrogen-bond donors (Lipinski definition) is 0. The van der Waals surface area contributed by atoms with Gasteiger partial charge in [0.15, 0.2) is 0 Å². The van der Waals surface area contributed by atoms with Crippen molar-refractivity contribution < 1.29 is 35.5 Å². The van der Waals surface area contributed by atoms with Crippen molar-refractivity contribution in [1.82, 2.24) is 0 Å². The van der Waals surface area contributed by atoms with E-state index in [-0.39, 0.29) is 12.2 Å². The molecule has 37 heavy (non-hydrogen) atoms. The van der Waals surface area contributed by atoms with Crippen molar-refractivity contribution in [3.63, 3.8) is 0 Å². The maximum Gasteiger partial charge on any atom is 0.426 e. The Morgan fingerprint density at radius 2 is 1.27 bits per heavy atom. The van der Waals surface area contributed by atoms with Gasteiger partial charge in [-0.3, -0.25) is 0 Å². The lowest BCUT2D eigenvalue weighted by atomic mass is 10.00. The fourth-order valence-electron chi connectivity index (χ4n) is 3.82. The van der Waals surface area contributed by atoms with Crippen molar-refractivity contribution in [1.29, 1.82) is 0 Å². The average Bonchev–Trinajstić information content (AvgIpc) is 2.83. The monoisotopic (exact) mass is 524 g/mol. The van der Waals surface area contributed by atoms with E-state index in [1.54, 1.807) is 0 Å². The maximum atomic E-state index is 14.7. The number of ether oxygens (including phenoxy) is 1. The van der Waals surface area contributed by atoms with Crippen molar-refractivity contribution in [2.24, 2.45) is 0 Å². The summed E-state index contributed by atoms with van der Waals surface area (Å²) in [5.41, 5.74) is 1.18. The third kappa shape index (κ3) is 8.37. The van der Waals surface area contributed by atoms with Gasteiger partial charge in [0, 0.05) is 23.8 Å². The minimum Gasteiger partial charge on any atom is -0.429 e. The predicted octanol–water partition coefficient (Wildman–Crippen LogP) is 9.85. The Kier molecular flexibility index (Phi) is 9.40. The Morgan fingerprint density at radius 1 is 0.730 bits per heavy atom. The van der Waals surface area contributed by atoms with E-state index < -0.39 is 40.8 Å². The number of hydrogen-bond acceptors (Lipinski definition) is 1. The van der Waals surface area contributed by atoms with Crippen LogP contribution >= 0.6 is 0 Å². The zero-order chi connectivity index (χ0) is 27.1. The van der Waals surface area contributed by atoms with Gasteiger partial charge in [-0.25, -0.2) is 8.78 Å². The molecule has 0 saturated carbocycles. The largest absolute Gasteiger partial charge is 0.429 e. The summed E-state index contributed by atoms with van der Waals surface area (Å²) in [5.74, 6) is -3.80. The molecular weight excluding hydrogens is 497 g/mol. The number of unbranched alkanes of at least 4 members (excludes halogenated alkanes) is 4. The van der Waals surface area contributed by atoms with Crippen LogP contribution in [0.25, 0.3) is 17.2 Å².